The van der Waals surface area contributed by atoms with Gasteiger partial charge in [0.15, 0.2) is 0 Å². The zero-order chi connectivity index (χ0) is 23.9. The monoisotopic (exact) mass is 479 g/mol. The van der Waals surface area contributed by atoms with Gasteiger partial charge in [-0.2, -0.15) is 0 Å². The van der Waals surface area contributed by atoms with Crippen LogP contribution >= 0.6 is 0 Å². The summed E-state index contributed by atoms with van der Waals surface area (Å²) in [6.45, 7) is 2.26. The van der Waals surface area contributed by atoms with Crippen molar-refractivity contribution in [2.24, 2.45) is 17.8 Å². The molecule has 176 valence electrons. The third-order valence-corrected chi connectivity index (χ3v) is 8.10. The molecule has 3 N–H and O–H groups in total. The van der Waals surface area contributed by atoms with Crippen LogP contribution < -0.4 is 14.9 Å². The van der Waals surface area contributed by atoms with Gasteiger partial charge in [0.05, 0.1) is 16.3 Å². The molecule has 5 rings (SSSR count). The number of sulfonamides is 1. The molecule has 1 saturated carbocycles. The Morgan fingerprint density at radius 3 is 2.62 bits per heavy atom. The molecule has 1 heterocycles. The van der Waals surface area contributed by atoms with E-state index in [1.807, 2.05) is 49.4 Å². The van der Waals surface area contributed by atoms with Gasteiger partial charge in [0.2, 0.25) is 15.9 Å². The van der Waals surface area contributed by atoms with Crippen LogP contribution in [0.2, 0.25) is 0 Å². The van der Waals surface area contributed by atoms with Gasteiger partial charge in [-0.1, -0.05) is 30.4 Å². The number of amides is 1. The molecule has 4 atom stereocenters. The highest BCUT2D eigenvalue weighted by atomic mass is 32.2. The maximum Gasteiger partial charge on any atom is 0.248 e. The van der Waals surface area contributed by atoms with E-state index >= 15 is 0 Å². The molecule has 34 heavy (non-hydrogen) atoms. The normalized spacial score (nSPS) is 23.4. The molecule has 1 fully saturated rings. The Morgan fingerprint density at radius 1 is 1.12 bits per heavy atom. The topological polar surface area (TPSA) is 118 Å². The van der Waals surface area contributed by atoms with Gasteiger partial charge in [-0.15, -0.1) is 0 Å². The number of fused-ring (bicyclic) bond motifs is 3. The summed E-state index contributed by atoms with van der Waals surface area (Å²) in [6.07, 6.45) is 4.52. The second-order valence-corrected chi connectivity index (χ2v) is 10.5. The van der Waals surface area contributed by atoms with E-state index in [4.69, 9.17) is 9.94 Å². The molecule has 0 spiro atoms. The minimum absolute atomic E-state index is 0.0803. The average Bonchev–Trinajstić information content (AvgIpc) is 3.44. The van der Waals surface area contributed by atoms with E-state index in [1.165, 1.54) is 12.1 Å². The fourth-order valence-electron chi connectivity index (χ4n) is 5.05. The number of aromatic nitrogens is 1. The molecule has 0 radical (unpaired) electrons. The third-order valence-electron chi connectivity index (χ3n) is 6.62. The number of hydrogen-bond donors (Lipinski definition) is 3. The van der Waals surface area contributed by atoms with E-state index in [-0.39, 0.29) is 16.7 Å². The van der Waals surface area contributed by atoms with Crippen molar-refractivity contribution in [3.8, 4) is 5.75 Å². The highest BCUT2D eigenvalue weighted by Gasteiger charge is 2.49. The van der Waals surface area contributed by atoms with Crippen LogP contribution in [0.25, 0.3) is 10.9 Å². The Morgan fingerprint density at radius 2 is 1.85 bits per heavy atom. The standard InChI is InChI=1S/C25H25N3O5S/c1-15-12-18(21-4-2-3-5-22(21)26-15)14-33-19-8-10-20(11-9-19)34(31,32)28-24-17-7-6-16(13-17)23(24)25(29)27-30/h2-12,16-17,23-24,28,30H,13-14H2,1H3,(H,27,29)/t16-,17+,23-,24+/m0/s1. The molecular weight excluding hydrogens is 454 g/mol. The number of pyridine rings is 1. The number of ether oxygens (including phenoxy) is 1. The molecule has 2 aliphatic carbocycles. The van der Waals surface area contributed by atoms with Crippen molar-refractivity contribution >= 4 is 26.8 Å². The number of allylic oxidation sites excluding steroid dienone is 1. The summed E-state index contributed by atoms with van der Waals surface area (Å²) in [5.74, 6) is -0.849. The minimum atomic E-state index is -3.87. The molecule has 1 aromatic heterocycles. The molecule has 0 saturated heterocycles. The Balaban J connectivity index is 1.30. The lowest BCUT2D eigenvalue weighted by atomic mass is 9.89. The van der Waals surface area contributed by atoms with Crippen molar-refractivity contribution in [3.05, 3.63) is 78.0 Å². The highest BCUT2D eigenvalue weighted by Crippen LogP contribution is 2.44. The lowest BCUT2D eigenvalue weighted by Gasteiger charge is -2.27. The van der Waals surface area contributed by atoms with Crippen molar-refractivity contribution in [1.82, 2.24) is 15.2 Å². The molecule has 3 aromatic rings. The van der Waals surface area contributed by atoms with Crippen LogP contribution in [0.5, 0.6) is 5.75 Å². The fourth-order valence-corrected chi connectivity index (χ4v) is 6.36. The van der Waals surface area contributed by atoms with Gasteiger partial charge in [-0.3, -0.25) is 15.0 Å². The maximum atomic E-state index is 13.0. The molecule has 2 aliphatic rings. The molecular formula is C25H25N3O5S. The van der Waals surface area contributed by atoms with Crippen molar-refractivity contribution in [2.45, 2.75) is 30.9 Å². The quantitative estimate of drug-likeness (QED) is 0.272. The van der Waals surface area contributed by atoms with E-state index in [2.05, 4.69) is 9.71 Å². The first-order valence-corrected chi connectivity index (χ1v) is 12.6. The van der Waals surface area contributed by atoms with Gasteiger partial charge in [0.25, 0.3) is 0 Å². The van der Waals surface area contributed by atoms with Gasteiger partial charge >= 0.3 is 0 Å². The van der Waals surface area contributed by atoms with Gasteiger partial charge in [0, 0.05) is 22.7 Å². The minimum Gasteiger partial charge on any atom is -0.489 e. The number of nitrogens with zero attached hydrogens (tertiary/aromatic N) is 1. The summed E-state index contributed by atoms with van der Waals surface area (Å²) in [4.78, 5) is 16.7. The van der Waals surface area contributed by atoms with E-state index in [0.29, 0.717) is 18.8 Å². The third kappa shape index (κ3) is 4.18. The SMILES string of the molecule is Cc1cc(COc2ccc(S(=O)(=O)N[C@H]3[C@@H](C(=O)NO)[C@H]4C=C[C@@H]3C4)cc2)c2ccccc2n1. The van der Waals surface area contributed by atoms with Crippen molar-refractivity contribution < 1.29 is 23.2 Å². The maximum absolute atomic E-state index is 13.0. The molecule has 2 aromatic carbocycles. The van der Waals surface area contributed by atoms with Crippen LogP contribution in [-0.2, 0) is 21.4 Å². The Hall–Kier alpha value is -3.27. The van der Waals surface area contributed by atoms with E-state index in [0.717, 1.165) is 22.2 Å². The van der Waals surface area contributed by atoms with Crippen molar-refractivity contribution in [3.63, 3.8) is 0 Å². The summed E-state index contributed by atoms with van der Waals surface area (Å²) in [5, 5.41) is 10.1. The molecule has 0 aliphatic heterocycles. The first kappa shape index (κ1) is 22.5. The van der Waals surface area contributed by atoms with Gasteiger partial charge in [-0.25, -0.2) is 18.6 Å². The van der Waals surface area contributed by atoms with Gasteiger partial charge in [-0.05, 0) is 61.6 Å². The number of carbonyl (C=O) groups is 1. The second-order valence-electron chi connectivity index (χ2n) is 8.80. The summed E-state index contributed by atoms with van der Waals surface area (Å²) in [7, 11) is -3.87. The Bertz CT molecular complexity index is 1370. The summed E-state index contributed by atoms with van der Waals surface area (Å²) in [6, 6.07) is 15.4. The van der Waals surface area contributed by atoms with Crippen LogP contribution in [0, 0.1) is 24.7 Å². The number of para-hydroxylation sites is 1. The molecule has 2 bridgehead atoms. The number of aryl methyl sites for hydroxylation is 1. The Labute approximate surface area is 197 Å². The highest BCUT2D eigenvalue weighted by molar-refractivity contribution is 7.89. The predicted molar refractivity (Wildman–Crippen MR) is 126 cm³/mol. The fraction of sp³-hybridized carbons (Fsp3) is 0.280. The Kier molecular flexibility index (Phi) is 5.85. The predicted octanol–water partition coefficient (Wildman–Crippen LogP) is 3.10. The van der Waals surface area contributed by atoms with Crippen molar-refractivity contribution in [2.75, 3.05) is 0 Å². The molecule has 1 amide bonds. The first-order valence-electron chi connectivity index (χ1n) is 11.1. The lowest BCUT2D eigenvalue weighted by molar-refractivity contribution is -0.134. The summed E-state index contributed by atoms with van der Waals surface area (Å²) < 4.78 is 34.6. The lowest BCUT2D eigenvalue weighted by Crippen LogP contribution is -2.48. The van der Waals surface area contributed by atoms with Crippen molar-refractivity contribution in [1.29, 1.82) is 0 Å². The second kappa shape index (κ2) is 8.83. The zero-order valence-electron chi connectivity index (χ0n) is 18.5. The smallest absolute Gasteiger partial charge is 0.248 e. The molecule has 8 nitrogen and oxygen atoms in total. The van der Waals surface area contributed by atoms with E-state index in [1.54, 1.807) is 17.6 Å². The summed E-state index contributed by atoms with van der Waals surface area (Å²) in [5.41, 5.74) is 4.46. The van der Waals surface area contributed by atoms with Crippen LogP contribution in [0.3, 0.4) is 0 Å². The zero-order valence-corrected chi connectivity index (χ0v) is 19.3. The molecule has 0 unspecified atom stereocenters. The number of benzene rings is 2. The van der Waals surface area contributed by atoms with Crippen LogP contribution in [-0.4, -0.2) is 30.6 Å². The first-order chi connectivity index (χ1) is 16.4. The largest absolute Gasteiger partial charge is 0.489 e. The molecule has 9 heteroatoms. The summed E-state index contributed by atoms with van der Waals surface area (Å²) >= 11 is 0. The van der Waals surface area contributed by atoms with Gasteiger partial charge in [0.1, 0.15) is 12.4 Å². The van der Waals surface area contributed by atoms with Gasteiger partial charge < -0.3 is 4.74 Å². The number of rotatable bonds is 7. The number of hydrogen-bond acceptors (Lipinski definition) is 6. The van der Waals surface area contributed by atoms with Crippen LogP contribution in [0.4, 0.5) is 0 Å². The average molecular weight is 480 g/mol. The number of carbonyl (C=O) groups excluding carboxylic acids is 1. The van der Waals surface area contributed by atoms with Crippen LogP contribution in [0.15, 0.2) is 71.6 Å². The van der Waals surface area contributed by atoms with E-state index in [9.17, 15) is 13.2 Å². The van der Waals surface area contributed by atoms with E-state index < -0.39 is 27.9 Å². The number of hydroxylamine groups is 1. The number of nitrogens with one attached hydrogen (secondary N) is 2. The van der Waals surface area contributed by atoms with Crippen LogP contribution in [0.1, 0.15) is 17.7 Å².